The van der Waals surface area contributed by atoms with Gasteiger partial charge in [0.2, 0.25) is 0 Å². The van der Waals surface area contributed by atoms with E-state index in [9.17, 15) is 0 Å². The molecule has 0 radical (unpaired) electrons. The molecule has 0 atom stereocenters. The van der Waals surface area contributed by atoms with Crippen molar-refractivity contribution in [2.24, 2.45) is 0 Å². The van der Waals surface area contributed by atoms with Gasteiger partial charge < -0.3 is 4.98 Å². The lowest BCUT2D eigenvalue weighted by Gasteiger charge is -2.37. The van der Waals surface area contributed by atoms with Crippen LogP contribution in [-0.2, 0) is 6.54 Å². The highest BCUT2D eigenvalue weighted by Gasteiger charge is 2.34. The Hall–Kier alpha value is -0.603. The average molecular weight is 235 g/mol. The SMILES string of the molecule is Cc1ccc(CN[Si](C)(C)C(C)(C)C)cc1. The Labute approximate surface area is 101 Å². The molecule has 2 heteroatoms. The van der Waals surface area contributed by atoms with Gasteiger partial charge in [0.25, 0.3) is 0 Å². The molecule has 0 saturated heterocycles. The summed E-state index contributed by atoms with van der Waals surface area (Å²) < 4.78 is 0. The first-order chi connectivity index (χ1) is 7.22. The van der Waals surface area contributed by atoms with Gasteiger partial charge in [0, 0.05) is 6.54 Å². The molecular formula is C14H25NSi. The van der Waals surface area contributed by atoms with Crippen LogP contribution in [0.15, 0.2) is 24.3 Å². The van der Waals surface area contributed by atoms with Gasteiger partial charge in [-0.25, -0.2) is 0 Å². The zero-order chi connectivity index (χ0) is 12.4. The van der Waals surface area contributed by atoms with Crippen LogP contribution in [-0.4, -0.2) is 8.24 Å². The Bertz CT molecular complexity index is 333. The van der Waals surface area contributed by atoms with Crippen LogP contribution in [0.25, 0.3) is 0 Å². The van der Waals surface area contributed by atoms with Crippen LogP contribution >= 0.6 is 0 Å². The highest BCUT2D eigenvalue weighted by Crippen LogP contribution is 2.33. The second-order valence-electron chi connectivity index (χ2n) is 6.21. The smallest absolute Gasteiger partial charge is 0.125 e. The van der Waals surface area contributed by atoms with Crippen LogP contribution < -0.4 is 4.98 Å². The highest BCUT2D eigenvalue weighted by molar-refractivity contribution is 6.77. The molecule has 0 amide bonds. The summed E-state index contributed by atoms with van der Waals surface area (Å²) in [6.07, 6.45) is 0. The van der Waals surface area contributed by atoms with Crippen molar-refractivity contribution in [3.05, 3.63) is 35.4 Å². The van der Waals surface area contributed by atoms with E-state index < -0.39 is 8.24 Å². The summed E-state index contributed by atoms with van der Waals surface area (Å²) in [6, 6.07) is 8.80. The van der Waals surface area contributed by atoms with E-state index in [1.807, 2.05) is 0 Å². The standard InChI is InChI=1S/C14H25NSi/c1-12-7-9-13(10-8-12)11-15-16(5,6)14(2,3)4/h7-10,15H,11H2,1-6H3. The molecule has 0 saturated carbocycles. The first-order valence-electron chi connectivity index (χ1n) is 6.03. The van der Waals surface area contributed by atoms with Crippen LogP contribution in [0.1, 0.15) is 31.9 Å². The van der Waals surface area contributed by atoms with E-state index in [1.165, 1.54) is 11.1 Å². The van der Waals surface area contributed by atoms with Gasteiger partial charge in [-0.15, -0.1) is 0 Å². The van der Waals surface area contributed by atoms with Crippen LogP contribution in [0.4, 0.5) is 0 Å². The number of hydrogen-bond acceptors (Lipinski definition) is 1. The number of rotatable bonds is 3. The minimum Gasteiger partial charge on any atom is -0.333 e. The van der Waals surface area contributed by atoms with Crippen molar-refractivity contribution in [2.45, 2.75) is 52.4 Å². The molecule has 0 aliphatic rings. The summed E-state index contributed by atoms with van der Waals surface area (Å²) >= 11 is 0. The summed E-state index contributed by atoms with van der Waals surface area (Å²) in [5.74, 6) is 0. The number of nitrogens with one attached hydrogen (secondary N) is 1. The lowest BCUT2D eigenvalue weighted by atomic mass is 10.2. The van der Waals surface area contributed by atoms with Crippen molar-refractivity contribution in [3.8, 4) is 0 Å². The van der Waals surface area contributed by atoms with Gasteiger partial charge >= 0.3 is 0 Å². The minimum absolute atomic E-state index is 0.400. The van der Waals surface area contributed by atoms with Gasteiger partial charge in [0.1, 0.15) is 8.24 Å². The van der Waals surface area contributed by atoms with Gasteiger partial charge in [0.05, 0.1) is 0 Å². The third kappa shape index (κ3) is 3.46. The topological polar surface area (TPSA) is 12.0 Å². The third-order valence-electron chi connectivity index (χ3n) is 3.73. The zero-order valence-corrected chi connectivity index (χ0v) is 12.5. The molecule has 1 aromatic rings. The Morgan fingerprint density at radius 2 is 1.56 bits per heavy atom. The predicted molar refractivity (Wildman–Crippen MR) is 75.2 cm³/mol. The van der Waals surface area contributed by atoms with Crippen molar-refractivity contribution in [3.63, 3.8) is 0 Å². The van der Waals surface area contributed by atoms with Crippen molar-refractivity contribution < 1.29 is 0 Å². The fourth-order valence-electron chi connectivity index (χ4n) is 1.29. The summed E-state index contributed by atoms with van der Waals surface area (Å²) in [6.45, 7) is 14.9. The molecule has 16 heavy (non-hydrogen) atoms. The number of aryl methyl sites for hydroxylation is 1. The van der Waals surface area contributed by atoms with E-state index in [0.29, 0.717) is 5.04 Å². The normalized spacial score (nSPS) is 12.9. The Balaban J connectivity index is 2.61. The first-order valence-corrected chi connectivity index (χ1v) is 9.03. The van der Waals surface area contributed by atoms with Crippen LogP contribution in [0.2, 0.25) is 18.1 Å². The third-order valence-corrected chi connectivity index (χ3v) is 8.54. The van der Waals surface area contributed by atoms with Crippen LogP contribution in [0.3, 0.4) is 0 Å². The zero-order valence-electron chi connectivity index (χ0n) is 11.5. The maximum Gasteiger partial charge on any atom is 0.125 e. The Morgan fingerprint density at radius 3 is 2.00 bits per heavy atom. The Morgan fingerprint density at radius 1 is 1.06 bits per heavy atom. The van der Waals surface area contributed by atoms with Crippen LogP contribution in [0, 0.1) is 6.92 Å². The molecule has 0 fully saturated rings. The number of benzene rings is 1. The van der Waals surface area contributed by atoms with Gasteiger partial charge in [0.15, 0.2) is 0 Å². The van der Waals surface area contributed by atoms with Crippen molar-refractivity contribution in [2.75, 3.05) is 0 Å². The molecular weight excluding hydrogens is 210 g/mol. The predicted octanol–water partition coefficient (Wildman–Crippen LogP) is 4.09. The monoisotopic (exact) mass is 235 g/mol. The van der Waals surface area contributed by atoms with Gasteiger partial charge in [-0.05, 0) is 17.5 Å². The molecule has 1 N–H and O–H groups in total. The van der Waals surface area contributed by atoms with Gasteiger partial charge in [-0.2, -0.15) is 0 Å². The van der Waals surface area contributed by atoms with Gasteiger partial charge in [-0.1, -0.05) is 63.7 Å². The quantitative estimate of drug-likeness (QED) is 0.778. The van der Waals surface area contributed by atoms with E-state index >= 15 is 0 Å². The fourth-order valence-corrected chi connectivity index (χ4v) is 2.47. The van der Waals surface area contributed by atoms with Crippen molar-refractivity contribution in [1.29, 1.82) is 0 Å². The Kier molecular flexibility index (Phi) is 3.97. The van der Waals surface area contributed by atoms with Crippen molar-refractivity contribution in [1.82, 2.24) is 4.98 Å². The fraction of sp³-hybridized carbons (Fsp3) is 0.571. The summed E-state index contributed by atoms with van der Waals surface area (Å²) in [7, 11) is -1.35. The van der Waals surface area contributed by atoms with E-state index in [-0.39, 0.29) is 0 Å². The molecule has 0 aromatic heterocycles. The molecule has 1 rings (SSSR count). The van der Waals surface area contributed by atoms with E-state index in [0.717, 1.165) is 6.54 Å². The summed E-state index contributed by atoms with van der Waals surface area (Å²) in [5.41, 5.74) is 2.71. The molecule has 0 spiro atoms. The summed E-state index contributed by atoms with van der Waals surface area (Å²) in [5, 5.41) is 0.400. The first kappa shape index (κ1) is 13.5. The molecule has 0 unspecified atom stereocenters. The average Bonchev–Trinajstić information content (AvgIpc) is 2.15. The molecule has 0 bridgehead atoms. The van der Waals surface area contributed by atoms with E-state index in [4.69, 9.17) is 0 Å². The summed E-state index contributed by atoms with van der Waals surface area (Å²) in [4.78, 5) is 3.77. The van der Waals surface area contributed by atoms with E-state index in [1.54, 1.807) is 0 Å². The highest BCUT2D eigenvalue weighted by atomic mass is 28.3. The molecule has 0 heterocycles. The molecule has 0 aliphatic carbocycles. The molecule has 0 aliphatic heterocycles. The molecule has 1 nitrogen and oxygen atoms in total. The number of hydrogen-bond donors (Lipinski definition) is 1. The van der Waals surface area contributed by atoms with Crippen LogP contribution in [0.5, 0.6) is 0 Å². The van der Waals surface area contributed by atoms with Gasteiger partial charge in [-0.3, -0.25) is 0 Å². The molecule has 1 aromatic carbocycles. The minimum atomic E-state index is -1.35. The second kappa shape index (κ2) is 4.72. The van der Waals surface area contributed by atoms with Crippen molar-refractivity contribution >= 4 is 8.24 Å². The second-order valence-corrected chi connectivity index (χ2v) is 11.3. The molecule has 90 valence electrons. The lowest BCUT2D eigenvalue weighted by Crippen LogP contribution is -2.51. The maximum absolute atomic E-state index is 3.77. The van der Waals surface area contributed by atoms with E-state index in [2.05, 4.69) is 70.0 Å². The largest absolute Gasteiger partial charge is 0.333 e. The maximum atomic E-state index is 3.77. The lowest BCUT2D eigenvalue weighted by molar-refractivity contribution is 0.683.